The number of rotatable bonds is 2. The van der Waals surface area contributed by atoms with E-state index in [-0.39, 0.29) is 5.91 Å². The van der Waals surface area contributed by atoms with Gasteiger partial charge >= 0.3 is 0 Å². The van der Waals surface area contributed by atoms with E-state index in [0.717, 1.165) is 49.8 Å². The van der Waals surface area contributed by atoms with Crippen molar-refractivity contribution < 1.29 is 9.53 Å². The lowest BCUT2D eigenvalue weighted by Gasteiger charge is -2.22. The minimum Gasteiger partial charge on any atom is -0.376 e. The molecule has 0 N–H and O–H groups in total. The van der Waals surface area contributed by atoms with E-state index >= 15 is 0 Å². The van der Waals surface area contributed by atoms with Crippen LogP contribution < -0.4 is 4.90 Å². The highest BCUT2D eigenvalue weighted by atomic mass is 32.1. The van der Waals surface area contributed by atoms with Crippen LogP contribution in [-0.4, -0.2) is 53.8 Å². The molecule has 24 heavy (non-hydrogen) atoms. The number of hydrogen-bond donors (Lipinski definition) is 0. The molecular formula is C17H20N4O2S. The number of ether oxygens (including phenoxy) is 1. The van der Waals surface area contributed by atoms with E-state index < -0.39 is 0 Å². The maximum atomic E-state index is 12.9. The summed E-state index contributed by atoms with van der Waals surface area (Å²) in [4.78, 5) is 19.2. The second-order valence-electron chi connectivity index (χ2n) is 6.08. The Morgan fingerprint density at radius 2 is 2.21 bits per heavy atom. The van der Waals surface area contributed by atoms with Gasteiger partial charge in [0.2, 0.25) is 0 Å². The Hall–Kier alpha value is -1.99. The van der Waals surface area contributed by atoms with Crippen molar-refractivity contribution in [1.82, 2.24) is 15.1 Å². The Morgan fingerprint density at radius 1 is 1.25 bits per heavy atom. The molecule has 2 aliphatic heterocycles. The second-order valence-corrected chi connectivity index (χ2v) is 7.21. The molecule has 0 bridgehead atoms. The lowest BCUT2D eigenvalue weighted by molar-refractivity contribution is 0.0771. The van der Waals surface area contributed by atoms with Gasteiger partial charge in [-0.15, -0.1) is 16.4 Å². The zero-order valence-corrected chi connectivity index (χ0v) is 14.3. The second kappa shape index (κ2) is 6.86. The summed E-state index contributed by atoms with van der Waals surface area (Å²) < 4.78 is 5.48. The maximum Gasteiger partial charge on any atom is 0.264 e. The summed E-state index contributed by atoms with van der Waals surface area (Å²) in [6, 6.07) is 5.89. The average Bonchev–Trinajstić information content (AvgIpc) is 2.91. The summed E-state index contributed by atoms with van der Waals surface area (Å²) in [6.45, 7) is 4.59. The zero-order valence-electron chi connectivity index (χ0n) is 13.5. The first-order valence-electron chi connectivity index (χ1n) is 8.32. The van der Waals surface area contributed by atoms with Gasteiger partial charge in [-0.05, 0) is 30.2 Å². The van der Waals surface area contributed by atoms with Crippen molar-refractivity contribution in [2.75, 3.05) is 37.7 Å². The van der Waals surface area contributed by atoms with Crippen molar-refractivity contribution in [3.8, 4) is 0 Å². The molecule has 0 unspecified atom stereocenters. The molecule has 1 amide bonds. The van der Waals surface area contributed by atoms with Gasteiger partial charge in [0.25, 0.3) is 5.91 Å². The number of nitrogens with zero attached hydrogens (tertiary/aromatic N) is 4. The number of hydrogen-bond acceptors (Lipinski definition) is 6. The van der Waals surface area contributed by atoms with Crippen molar-refractivity contribution >= 4 is 23.1 Å². The van der Waals surface area contributed by atoms with E-state index in [1.807, 2.05) is 23.1 Å². The fourth-order valence-corrected chi connectivity index (χ4v) is 4.34. The molecule has 0 radical (unpaired) electrons. The normalized spacial score (nSPS) is 18.2. The maximum absolute atomic E-state index is 12.9. The molecule has 7 heteroatoms. The van der Waals surface area contributed by atoms with Crippen LogP contribution in [0.15, 0.2) is 24.4 Å². The zero-order chi connectivity index (χ0) is 16.4. The minimum atomic E-state index is 0.149. The van der Waals surface area contributed by atoms with Gasteiger partial charge in [0.15, 0.2) is 5.82 Å². The summed E-state index contributed by atoms with van der Waals surface area (Å²) in [7, 11) is 0. The molecule has 4 heterocycles. The molecule has 0 spiro atoms. The van der Waals surface area contributed by atoms with E-state index in [0.29, 0.717) is 13.2 Å². The molecule has 126 valence electrons. The monoisotopic (exact) mass is 344 g/mol. The van der Waals surface area contributed by atoms with Crippen LogP contribution in [0.5, 0.6) is 0 Å². The van der Waals surface area contributed by atoms with Crippen LogP contribution in [0.25, 0.3) is 0 Å². The van der Waals surface area contributed by atoms with Gasteiger partial charge in [-0.3, -0.25) is 4.79 Å². The molecule has 0 aliphatic carbocycles. The Labute approximate surface area is 145 Å². The quantitative estimate of drug-likeness (QED) is 0.834. The van der Waals surface area contributed by atoms with E-state index in [4.69, 9.17) is 4.74 Å². The fraction of sp³-hybridized carbons (Fsp3) is 0.471. The van der Waals surface area contributed by atoms with Crippen LogP contribution in [0.2, 0.25) is 0 Å². The number of amides is 1. The van der Waals surface area contributed by atoms with Gasteiger partial charge in [-0.25, -0.2) is 0 Å². The van der Waals surface area contributed by atoms with Gasteiger partial charge in [-0.2, -0.15) is 5.10 Å². The number of fused-ring (bicyclic) bond motifs is 1. The highest BCUT2D eigenvalue weighted by Gasteiger charge is 2.24. The summed E-state index contributed by atoms with van der Waals surface area (Å²) in [5.74, 6) is 1.03. The van der Waals surface area contributed by atoms with Crippen LogP contribution in [0.4, 0.5) is 5.82 Å². The van der Waals surface area contributed by atoms with Gasteiger partial charge in [0.1, 0.15) is 0 Å². The van der Waals surface area contributed by atoms with E-state index in [2.05, 4.69) is 15.1 Å². The van der Waals surface area contributed by atoms with Gasteiger partial charge in [-0.1, -0.05) is 0 Å². The molecule has 2 aliphatic rings. The Balaban J connectivity index is 1.45. The Bertz CT molecular complexity index is 695. The topological polar surface area (TPSA) is 58.6 Å². The van der Waals surface area contributed by atoms with Crippen LogP contribution in [-0.2, 0) is 17.8 Å². The van der Waals surface area contributed by atoms with Crippen LogP contribution in [0, 0.1) is 0 Å². The molecule has 6 nitrogen and oxygen atoms in total. The number of carbonyl (C=O) groups excluding carboxylic acids is 1. The number of aromatic nitrogens is 2. The standard InChI is InChI=1S/C17H20N4O2S/c22-17(15-11-13-12-23-10-4-14(13)24-15)21-7-2-6-20(8-9-21)16-3-1-5-18-19-16/h1,3,5,11H,2,4,6-10,12H2. The molecule has 2 aromatic rings. The molecule has 1 saturated heterocycles. The Kier molecular flexibility index (Phi) is 4.44. The van der Waals surface area contributed by atoms with Crippen LogP contribution in [0.1, 0.15) is 26.5 Å². The summed E-state index contributed by atoms with van der Waals surface area (Å²) in [5, 5.41) is 8.12. The number of thiophene rings is 1. The van der Waals surface area contributed by atoms with Crippen LogP contribution >= 0.6 is 11.3 Å². The highest BCUT2D eigenvalue weighted by molar-refractivity contribution is 7.14. The third-order valence-electron chi connectivity index (χ3n) is 4.50. The predicted molar refractivity (Wildman–Crippen MR) is 92.4 cm³/mol. The SMILES string of the molecule is O=C(c1cc2c(s1)CCOC2)N1CCCN(c2cccnn2)CC1. The first-order chi connectivity index (χ1) is 11.8. The van der Waals surface area contributed by atoms with Gasteiger partial charge in [0, 0.05) is 43.7 Å². The molecule has 0 atom stereocenters. The minimum absolute atomic E-state index is 0.149. The van der Waals surface area contributed by atoms with E-state index in [1.165, 1.54) is 10.4 Å². The summed E-state index contributed by atoms with van der Waals surface area (Å²) >= 11 is 1.63. The fourth-order valence-electron chi connectivity index (χ4n) is 3.22. The number of carbonyl (C=O) groups is 1. The smallest absolute Gasteiger partial charge is 0.264 e. The Morgan fingerprint density at radius 3 is 3.04 bits per heavy atom. The van der Waals surface area contributed by atoms with E-state index in [9.17, 15) is 4.79 Å². The lowest BCUT2D eigenvalue weighted by Crippen LogP contribution is -2.35. The van der Waals surface area contributed by atoms with Crippen molar-refractivity contribution in [3.05, 3.63) is 39.7 Å². The van der Waals surface area contributed by atoms with E-state index in [1.54, 1.807) is 17.5 Å². The van der Waals surface area contributed by atoms with Gasteiger partial charge in [0.05, 0.1) is 18.1 Å². The molecule has 4 rings (SSSR count). The molecular weight excluding hydrogens is 324 g/mol. The largest absolute Gasteiger partial charge is 0.376 e. The third-order valence-corrected chi connectivity index (χ3v) is 5.73. The molecule has 0 saturated carbocycles. The van der Waals surface area contributed by atoms with Crippen molar-refractivity contribution in [3.63, 3.8) is 0 Å². The lowest BCUT2D eigenvalue weighted by atomic mass is 10.2. The first-order valence-corrected chi connectivity index (χ1v) is 9.14. The molecule has 2 aromatic heterocycles. The predicted octanol–water partition coefficient (Wildman–Crippen LogP) is 1.96. The van der Waals surface area contributed by atoms with Crippen LogP contribution in [0.3, 0.4) is 0 Å². The van der Waals surface area contributed by atoms with Gasteiger partial charge < -0.3 is 14.5 Å². The average molecular weight is 344 g/mol. The third kappa shape index (κ3) is 3.14. The van der Waals surface area contributed by atoms with Crippen molar-refractivity contribution in [2.45, 2.75) is 19.4 Å². The summed E-state index contributed by atoms with van der Waals surface area (Å²) in [5.41, 5.74) is 1.19. The first kappa shape index (κ1) is 15.5. The van der Waals surface area contributed by atoms with Crippen molar-refractivity contribution in [1.29, 1.82) is 0 Å². The summed E-state index contributed by atoms with van der Waals surface area (Å²) in [6.07, 6.45) is 3.55. The highest BCUT2D eigenvalue weighted by Crippen LogP contribution is 2.28. The van der Waals surface area contributed by atoms with Crippen molar-refractivity contribution in [2.24, 2.45) is 0 Å². The molecule has 0 aromatic carbocycles. The molecule has 1 fully saturated rings. The number of anilines is 1.